The Hall–Kier alpha value is -3.78. The van der Waals surface area contributed by atoms with Crippen LogP contribution in [0.15, 0.2) is 24.4 Å². The van der Waals surface area contributed by atoms with Crippen molar-refractivity contribution in [3.8, 4) is 11.9 Å². The number of nitrogens with zero attached hydrogens (tertiary/aromatic N) is 6. The number of amides is 1. The van der Waals surface area contributed by atoms with Crippen LogP contribution in [0.25, 0.3) is 0 Å². The predicted molar refractivity (Wildman–Crippen MR) is 108 cm³/mol. The van der Waals surface area contributed by atoms with E-state index in [0.29, 0.717) is 29.4 Å². The lowest BCUT2D eigenvalue weighted by molar-refractivity contribution is 0.101. The van der Waals surface area contributed by atoms with E-state index in [1.165, 1.54) is 10.9 Å². The van der Waals surface area contributed by atoms with Crippen LogP contribution in [0.2, 0.25) is 0 Å². The Bertz CT molecular complexity index is 1120. The van der Waals surface area contributed by atoms with Crippen LogP contribution >= 0.6 is 0 Å². The van der Waals surface area contributed by atoms with Gasteiger partial charge in [-0.05, 0) is 31.4 Å². The minimum atomic E-state index is -0.297. The third-order valence-corrected chi connectivity index (χ3v) is 5.20. The summed E-state index contributed by atoms with van der Waals surface area (Å²) in [6.45, 7) is 0.336. The second kappa shape index (κ2) is 8.93. The molecule has 3 aromatic heterocycles. The monoisotopic (exact) mass is 422 g/mol. The average Bonchev–Trinajstić information content (AvgIpc) is 3.49. The van der Waals surface area contributed by atoms with Crippen LogP contribution in [-0.2, 0) is 18.4 Å². The molecule has 1 aliphatic rings. The molecule has 0 unspecified atom stereocenters. The van der Waals surface area contributed by atoms with Gasteiger partial charge in [-0.3, -0.25) is 14.6 Å². The zero-order valence-corrected chi connectivity index (χ0v) is 17.2. The molecule has 0 aromatic carbocycles. The standard InChI is InChI=1S/C20H22N8O3/c1-28-17(8-14(27-28)11-30-2)19(29)23-18-9-16(24-25-18)12-3-4-15(7-12)31-20-13(10-21)5-6-22-26-20/h5-6,8-9,12,15H,3-4,7,11H2,1-2H3,(H2,23,24,25,29)/t12-,15+/m1/s1. The van der Waals surface area contributed by atoms with Crippen LogP contribution in [0.1, 0.15) is 52.6 Å². The van der Waals surface area contributed by atoms with Gasteiger partial charge in [0, 0.05) is 31.8 Å². The molecule has 1 fully saturated rings. The van der Waals surface area contributed by atoms with E-state index in [-0.39, 0.29) is 23.8 Å². The Labute approximate surface area is 178 Å². The SMILES string of the molecule is COCc1cc(C(=O)Nc2cc([C@@H]3CC[C@H](Oc4nnccc4C#N)C3)[nH]n2)n(C)n1. The molecule has 1 amide bonds. The van der Waals surface area contributed by atoms with E-state index in [0.717, 1.165) is 25.0 Å². The molecule has 160 valence electrons. The maximum Gasteiger partial charge on any atom is 0.275 e. The molecule has 0 aliphatic heterocycles. The summed E-state index contributed by atoms with van der Waals surface area (Å²) in [5.41, 5.74) is 2.39. The number of hydrogen-bond acceptors (Lipinski definition) is 8. The Morgan fingerprint density at radius 1 is 1.42 bits per heavy atom. The van der Waals surface area contributed by atoms with Crippen molar-refractivity contribution in [3.05, 3.63) is 47.0 Å². The molecule has 0 saturated heterocycles. The van der Waals surface area contributed by atoms with Crippen LogP contribution in [0.5, 0.6) is 5.88 Å². The average molecular weight is 422 g/mol. The van der Waals surface area contributed by atoms with Crippen LogP contribution in [0, 0.1) is 11.3 Å². The molecule has 1 aliphatic carbocycles. The van der Waals surface area contributed by atoms with Gasteiger partial charge in [-0.1, -0.05) is 0 Å². The van der Waals surface area contributed by atoms with Crippen molar-refractivity contribution in [3.63, 3.8) is 0 Å². The highest BCUT2D eigenvalue weighted by molar-refractivity contribution is 6.02. The van der Waals surface area contributed by atoms with Gasteiger partial charge in [-0.15, -0.1) is 5.10 Å². The molecule has 31 heavy (non-hydrogen) atoms. The summed E-state index contributed by atoms with van der Waals surface area (Å²) < 4.78 is 12.5. The second-order valence-corrected chi connectivity index (χ2v) is 7.35. The second-order valence-electron chi connectivity index (χ2n) is 7.35. The number of methoxy groups -OCH3 is 1. The van der Waals surface area contributed by atoms with E-state index < -0.39 is 0 Å². The summed E-state index contributed by atoms with van der Waals surface area (Å²) in [7, 11) is 3.28. The Kier molecular flexibility index (Phi) is 5.90. The summed E-state index contributed by atoms with van der Waals surface area (Å²) in [5.74, 6) is 0.613. The number of anilines is 1. The maximum absolute atomic E-state index is 12.6. The molecular weight excluding hydrogens is 400 g/mol. The van der Waals surface area contributed by atoms with Gasteiger partial charge in [0.2, 0.25) is 0 Å². The van der Waals surface area contributed by atoms with Crippen molar-refractivity contribution < 1.29 is 14.3 Å². The number of carbonyl (C=O) groups excluding carboxylic acids is 1. The first-order valence-corrected chi connectivity index (χ1v) is 9.84. The normalized spacial score (nSPS) is 18.0. The number of aryl methyl sites for hydroxylation is 1. The fraction of sp³-hybridized carbons (Fsp3) is 0.400. The molecule has 0 radical (unpaired) electrons. The number of aromatic nitrogens is 6. The fourth-order valence-electron chi connectivity index (χ4n) is 3.73. The first-order chi connectivity index (χ1) is 15.1. The lowest BCUT2D eigenvalue weighted by Crippen LogP contribution is -2.16. The molecule has 0 bridgehead atoms. The highest BCUT2D eigenvalue weighted by atomic mass is 16.5. The number of carbonyl (C=O) groups is 1. The van der Waals surface area contributed by atoms with Gasteiger partial charge in [0.1, 0.15) is 23.4 Å². The molecule has 2 N–H and O–H groups in total. The van der Waals surface area contributed by atoms with E-state index in [1.807, 2.05) is 6.07 Å². The van der Waals surface area contributed by atoms with E-state index in [2.05, 4.69) is 36.9 Å². The Morgan fingerprint density at radius 2 is 2.29 bits per heavy atom. The quantitative estimate of drug-likeness (QED) is 0.588. The van der Waals surface area contributed by atoms with Crippen molar-refractivity contribution >= 4 is 11.7 Å². The van der Waals surface area contributed by atoms with Crippen molar-refractivity contribution in [2.45, 2.75) is 37.9 Å². The van der Waals surface area contributed by atoms with Gasteiger partial charge in [-0.2, -0.15) is 20.6 Å². The lowest BCUT2D eigenvalue weighted by atomic mass is 10.0. The number of hydrogen-bond donors (Lipinski definition) is 2. The van der Waals surface area contributed by atoms with Gasteiger partial charge in [-0.25, -0.2) is 0 Å². The first kappa shape index (κ1) is 20.5. The zero-order chi connectivity index (χ0) is 21.8. The van der Waals surface area contributed by atoms with Crippen LogP contribution in [0.3, 0.4) is 0 Å². The molecule has 0 spiro atoms. The number of nitriles is 1. The summed E-state index contributed by atoms with van der Waals surface area (Å²) in [6, 6.07) is 7.17. The van der Waals surface area contributed by atoms with Crippen molar-refractivity contribution in [1.82, 2.24) is 30.2 Å². The zero-order valence-electron chi connectivity index (χ0n) is 17.2. The molecule has 11 nitrogen and oxygen atoms in total. The Balaban J connectivity index is 1.37. The van der Waals surface area contributed by atoms with Crippen LogP contribution in [-0.4, -0.2) is 49.3 Å². The highest BCUT2D eigenvalue weighted by Gasteiger charge is 2.30. The lowest BCUT2D eigenvalue weighted by Gasteiger charge is -2.13. The van der Waals surface area contributed by atoms with Crippen LogP contribution in [0.4, 0.5) is 5.82 Å². The molecule has 4 rings (SSSR count). The maximum atomic E-state index is 12.6. The number of nitrogens with one attached hydrogen (secondary N) is 2. The summed E-state index contributed by atoms with van der Waals surface area (Å²) in [5, 5.41) is 31.1. The summed E-state index contributed by atoms with van der Waals surface area (Å²) >= 11 is 0. The number of ether oxygens (including phenoxy) is 2. The Morgan fingerprint density at radius 3 is 3.10 bits per heavy atom. The van der Waals surface area contributed by atoms with Crippen molar-refractivity contribution in [1.29, 1.82) is 5.26 Å². The fourth-order valence-corrected chi connectivity index (χ4v) is 3.73. The van der Waals surface area contributed by atoms with Gasteiger partial charge >= 0.3 is 0 Å². The summed E-state index contributed by atoms with van der Waals surface area (Å²) in [6.07, 6.45) is 3.87. The molecule has 3 heterocycles. The van der Waals surface area contributed by atoms with E-state index in [1.54, 1.807) is 26.3 Å². The van der Waals surface area contributed by atoms with Gasteiger partial charge in [0.05, 0.1) is 18.5 Å². The topological polar surface area (TPSA) is 144 Å². The van der Waals surface area contributed by atoms with Crippen molar-refractivity contribution in [2.24, 2.45) is 7.05 Å². The highest BCUT2D eigenvalue weighted by Crippen LogP contribution is 2.36. The molecule has 11 heteroatoms. The van der Waals surface area contributed by atoms with Crippen molar-refractivity contribution in [2.75, 3.05) is 12.4 Å². The van der Waals surface area contributed by atoms with Crippen LogP contribution < -0.4 is 10.1 Å². The summed E-state index contributed by atoms with van der Waals surface area (Å²) in [4.78, 5) is 12.6. The minimum absolute atomic E-state index is 0.0659. The molecule has 3 aromatic rings. The van der Waals surface area contributed by atoms with Gasteiger partial charge < -0.3 is 14.8 Å². The van der Waals surface area contributed by atoms with Gasteiger partial charge in [0.25, 0.3) is 11.8 Å². The number of aromatic amines is 1. The minimum Gasteiger partial charge on any atom is -0.472 e. The van der Waals surface area contributed by atoms with E-state index in [9.17, 15) is 4.79 Å². The number of rotatable bonds is 7. The third kappa shape index (κ3) is 4.54. The smallest absolute Gasteiger partial charge is 0.275 e. The predicted octanol–water partition coefficient (Wildman–Crippen LogP) is 1.92. The van der Waals surface area contributed by atoms with E-state index in [4.69, 9.17) is 14.7 Å². The molecular formula is C20H22N8O3. The molecule has 2 atom stereocenters. The first-order valence-electron chi connectivity index (χ1n) is 9.84. The number of H-pyrrole nitrogens is 1. The molecule has 1 saturated carbocycles. The largest absolute Gasteiger partial charge is 0.472 e. The third-order valence-electron chi connectivity index (χ3n) is 5.20. The van der Waals surface area contributed by atoms with Gasteiger partial charge in [0.15, 0.2) is 5.82 Å². The van der Waals surface area contributed by atoms with E-state index >= 15 is 0 Å².